The van der Waals surface area contributed by atoms with Crippen LogP contribution in [0.15, 0.2) is 29.3 Å². The predicted octanol–water partition coefficient (Wildman–Crippen LogP) is 1.88. The minimum Gasteiger partial charge on any atom is -0.372 e. The van der Waals surface area contributed by atoms with Crippen LogP contribution in [0.4, 0.5) is 0 Å². The van der Waals surface area contributed by atoms with Gasteiger partial charge < -0.3 is 5.32 Å². The summed E-state index contributed by atoms with van der Waals surface area (Å²) < 4.78 is 0. The van der Waals surface area contributed by atoms with Crippen LogP contribution in [-0.2, 0) is 6.42 Å². The maximum Gasteiger partial charge on any atom is 0.101 e. The van der Waals surface area contributed by atoms with Gasteiger partial charge in [-0.15, -0.1) is 0 Å². The van der Waals surface area contributed by atoms with Crippen LogP contribution in [0.1, 0.15) is 5.56 Å². The van der Waals surface area contributed by atoms with E-state index in [4.69, 9.17) is 11.6 Å². The van der Waals surface area contributed by atoms with E-state index in [0.717, 1.165) is 35.9 Å². The molecule has 0 atom stereocenters. The Morgan fingerprint density at radius 2 is 2.23 bits per heavy atom. The zero-order valence-electron chi connectivity index (χ0n) is 7.26. The molecule has 0 amide bonds. The monoisotopic (exact) mass is 194 g/mol. The molecule has 0 radical (unpaired) electrons. The Hall–Kier alpha value is -1.02. The third-order valence-electron chi connectivity index (χ3n) is 2.06. The maximum absolute atomic E-state index is 6.02. The van der Waals surface area contributed by atoms with Gasteiger partial charge in [0.05, 0.1) is 6.54 Å². The van der Waals surface area contributed by atoms with Crippen LogP contribution >= 0.6 is 11.6 Å². The van der Waals surface area contributed by atoms with Crippen molar-refractivity contribution in [2.75, 3.05) is 13.1 Å². The van der Waals surface area contributed by atoms with E-state index in [2.05, 4.69) is 10.3 Å². The quantitative estimate of drug-likeness (QED) is 0.764. The number of nitrogens with zero attached hydrogens (tertiary/aromatic N) is 1. The van der Waals surface area contributed by atoms with Gasteiger partial charge >= 0.3 is 0 Å². The summed E-state index contributed by atoms with van der Waals surface area (Å²) in [7, 11) is 0. The first-order valence-electron chi connectivity index (χ1n) is 4.37. The highest BCUT2D eigenvalue weighted by molar-refractivity contribution is 6.31. The molecule has 0 aliphatic carbocycles. The fourth-order valence-corrected chi connectivity index (χ4v) is 1.59. The fraction of sp³-hybridized carbons (Fsp3) is 0.300. The highest BCUT2D eigenvalue weighted by Crippen LogP contribution is 2.15. The summed E-state index contributed by atoms with van der Waals surface area (Å²) in [6.45, 7) is 1.85. The van der Waals surface area contributed by atoms with Gasteiger partial charge in [-0.25, -0.2) is 0 Å². The van der Waals surface area contributed by atoms with Crippen LogP contribution in [0, 0.1) is 0 Å². The van der Waals surface area contributed by atoms with Crippen LogP contribution in [0.25, 0.3) is 0 Å². The van der Waals surface area contributed by atoms with E-state index in [1.54, 1.807) is 0 Å². The Bertz CT molecular complexity index is 333. The standard InChI is InChI=1S/C10H11ClN2/c11-9-4-2-1-3-8(9)7-10-12-5-6-13-10/h1-4H,5-7H2,(H,12,13). The lowest BCUT2D eigenvalue weighted by molar-refractivity contribution is 0.953. The Morgan fingerprint density at radius 3 is 2.92 bits per heavy atom. The molecule has 0 fully saturated rings. The Balaban J connectivity index is 2.13. The molecule has 13 heavy (non-hydrogen) atoms. The highest BCUT2D eigenvalue weighted by Gasteiger charge is 2.07. The summed E-state index contributed by atoms with van der Waals surface area (Å²) in [4.78, 5) is 4.32. The second-order valence-electron chi connectivity index (χ2n) is 3.02. The van der Waals surface area contributed by atoms with Gasteiger partial charge in [-0.3, -0.25) is 4.99 Å². The van der Waals surface area contributed by atoms with Gasteiger partial charge in [0.25, 0.3) is 0 Å². The summed E-state index contributed by atoms with van der Waals surface area (Å²) in [6, 6.07) is 7.88. The summed E-state index contributed by atoms with van der Waals surface area (Å²) in [5, 5.41) is 4.04. The Morgan fingerprint density at radius 1 is 1.38 bits per heavy atom. The molecule has 1 aromatic carbocycles. The van der Waals surface area contributed by atoms with Gasteiger partial charge in [-0.1, -0.05) is 29.8 Å². The molecule has 68 valence electrons. The Kier molecular flexibility index (Phi) is 2.50. The molecule has 0 saturated carbocycles. The van der Waals surface area contributed by atoms with Gasteiger partial charge in [0, 0.05) is 18.0 Å². The lowest BCUT2D eigenvalue weighted by atomic mass is 10.1. The molecule has 2 nitrogen and oxygen atoms in total. The molecule has 0 aromatic heterocycles. The molecule has 0 saturated heterocycles. The van der Waals surface area contributed by atoms with E-state index in [-0.39, 0.29) is 0 Å². The van der Waals surface area contributed by atoms with Gasteiger partial charge in [0.1, 0.15) is 5.84 Å². The number of hydrogen-bond acceptors (Lipinski definition) is 2. The zero-order valence-corrected chi connectivity index (χ0v) is 8.01. The van der Waals surface area contributed by atoms with Crippen molar-refractivity contribution in [1.82, 2.24) is 5.32 Å². The van der Waals surface area contributed by atoms with Crippen molar-refractivity contribution in [3.63, 3.8) is 0 Å². The first-order chi connectivity index (χ1) is 6.36. The summed E-state index contributed by atoms with van der Waals surface area (Å²) >= 11 is 6.02. The van der Waals surface area contributed by atoms with Gasteiger partial charge in [-0.05, 0) is 11.6 Å². The molecule has 3 heteroatoms. The van der Waals surface area contributed by atoms with Crippen molar-refractivity contribution in [3.8, 4) is 0 Å². The summed E-state index contributed by atoms with van der Waals surface area (Å²) in [6.07, 6.45) is 0.819. The van der Waals surface area contributed by atoms with Crippen molar-refractivity contribution in [1.29, 1.82) is 0 Å². The number of rotatable bonds is 2. The molecule has 0 unspecified atom stereocenters. The molecule has 1 heterocycles. The average Bonchev–Trinajstić information content (AvgIpc) is 2.61. The number of hydrogen-bond donors (Lipinski definition) is 1. The van der Waals surface area contributed by atoms with E-state index in [1.807, 2.05) is 24.3 Å². The van der Waals surface area contributed by atoms with Crippen molar-refractivity contribution in [2.45, 2.75) is 6.42 Å². The lowest BCUT2D eigenvalue weighted by Crippen LogP contribution is -2.20. The van der Waals surface area contributed by atoms with Gasteiger partial charge in [0.2, 0.25) is 0 Å². The molecule has 0 bridgehead atoms. The molecule has 2 rings (SSSR count). The largest absolute Gasteiger partial charge is 0.372 e. The molecule has 1 aliphatic rings. The smallest absolute Gasteiger partial charge is 0.101 e. The SMILES string of the molecule is Clc1ccccc1CC1=NCCN1. The van der Waals surface area contributed by atoms with E-state index >= 15 is 0 Å². The number of benzene rings is 1. The first kappa shape index (κ1) is 8.57. The third-order valence-corrected chi connectivity index (χ3v) is 2.43. The predicted molar refractivity (Wildman–Crippen MR) is 55.5 cm³/mol. The maximum atomic E-state index is 6.02. The summed E-state index contributed by atoms with van der Waals surface area (Å²) in [5.74, 6) is 1.05. The van der Waals surface area contributed by atoms with E-state index in [0.29, 0.717) is 0 Å². The molecule has 1 aromatic rings. The number of amidine groups is 1. The van der Waals surface area contributed by atoms with E-state index in [9.17, 15) is 0 Å². The van der Waals surface area contributed by atoms with Crippen molar-refractivity contribution < 1.29 is 0 Å². The van der Waals surface area contributed by atoms with Gasteiger partial charge in [-0.2, -0.15) is 0 Å². The molecular formula is C10H11ClN2. The Labute approximate surface area is 82.6 Å². The van der Waals surface area contributed by atoms with Crippen molar-refractivity contribution in [3.05, 3.63) is 34.9 Å². The molecule has 1 N–H and O–H groups in total. The van der Waals surface area contributed by atoms with E-state index in [1.165, 1.54) is 0 Å². The minimum absolute atomic E-state index is 0.818. The van der Waals surface area contributed by atoms with E-state index < -0.39 is 0 Å². The first-order valence-corrected chi connectivity index (χ1v) is 4.74. The van der Waals surface area contributed by atoms with Crippen LogP contribution in [0.2, 0.25) is 5.02 Å². The molecule has 1 aliphatic heterocycles. The second kappa shape index (κ2) is 3.79. The lowest BCUT2D eigenvalue weighted by Gasteiger charge is -2.03. The minimum atomic E-state index is 0.818. The molecular weight excluding hydrogens is 184 g/mol. The fourth-order valence-electron chi connectivity index (χ4n) is 1.39. The van der Waals surface area contributed by atoms with Gasteiger partial charge in [0.15, 0.2) is 0 Å². The van der Waals surface area contributed by atoms with Crippen molar-refractivity contribution >= 4 is 17.4 Å². The van der Waals surface area contributed by atoms with Crippen LogP contribution in [-0.4, -0.2) is 18.9 Å². The number of aliphatic imine (C=N–C) groups is 1. The normalized spacial score (nSPS) is 15.3. The number of halogens is 1. The van der Waals surface area contributed by atoms with Crippen LogP contribution in [0.5, 0.6) is 0 Å². The summed E-state index contributed by atoms with van der Waals surface area (Å²) in [5.41, 5.74) is 1.14. The third kappa shape index (κ3) is 2.01. The topological polar surface area (TPSA) is 24.4 Å². The highest BCUT2D eigenvalue weighted by atomic mass is 35.5. The number of nitrogens with one attached hydrogen (secondary N) is 1. The second-order valence-corrected chi connectivity index (χ2v) is 3.43. The zero-order chi connectivity index (χ0) is 9.10. The van der Waals surface area contributed by atoms with Crippen molar-refractivity contribution in [2.24, 2.45) is 4.99 Å². The van der Waals surface area contributed by atoms with Crippen LogP contribution in [0.3, 0.4) is 0 Å². The average molecular weight is 195 g/mol. The van der Waals surface area contributed by atoms with Crippen LogP contribution < -0.4 is 5.32 Å². The molecule has 0 spiro atoms.